The fourth-order valence-electron chi connectivity index (χ4n) is 7.59. The number of anilines is 1. The molecule has 0 aliphatic carbocycles. The van der Waals surface area contributed by atoms with Gasteiger partial charge in [-0.1, -0.05) is 29.9 Å². The number of benzene rings is 2. The molecule has 2 aliphatic heterocycles. The van der Waals surface area contributed by atoms with Crippen LogP contribution >= 0.6 is 0 Å². The fourth-order valence-corrected chi connectivity index (χ4v) is 9.74. The topological polar surface area (TPSA) is 298 Å². The monoisotopic (exact) mass is 915 g/mol. The van der Waals surface area contributed by atoms with Gasteiger partial charge in [-0.2, -0.15) is 38.2 Å². The van der Waals surface area contributed by atoms with Gasteiger partial charge in [-0.3, -0.25) is 27.8 Å². The van der Waals surface area contributed by atoms with Crippen molar-refractivity contribution in [2.45, 2.75) is 79.9 Å². The van der Waals surface area contributed by atoms with Crippen LogP contribution in [0.4, 0.5) is 11.4 Å². The van der Waals surface area contributed by atoms with Gasteiger partial charge in [-0.25, -0.2) is 0 Å². The Morgan fingerprint density at radius 1 is 0.717 bits per heavy atom. The van der Waals surface area contributed by atoms with Crippen molar-refractivity contribution < 1.29 is 76.3 Å². The van der Waals surface area contributed by atoms with Crippen LogP contribution in [0, 0.1) is 0 Å². The Balaban J connectivity index is 1.76. The maximum absolute atomic E-state index is 12.2. The number of aliphatic carboxylic acids is 2. The van der Waals surface area contributed by atoms with Crippen LogP contribution in [0.15, 0.2) is 93.9 Å². The van der Waals surface area contributed by atoms with Crippen LogP contribution in [0.3, 0.4) is 0 Å². The first-order chi connectivity index (χ1) is 27.6. The number of rotatable bonds is 20. The lowest BCUT2D eigenvalue weighted by Crippen LogP contribution is -2.34. The third kappa shape index (κ3) is 11.8. The van der Waals surface area contributed by atoms with E-state index in [1.807, 2.05) is 0 Å². The lowest BCUT2D eigenvalue weighted by atomic mass is 9.76. The van der Waals surface area contributed by atoms with E-state index >= 15 is 0 Å². The molecule has 2 aliphatic rings. The molecule has 0 fully saturated rings. The summed E-state index contributed by atoms with van der Waals surface area (Å²) in [5.74, 6) is -3.46. The maximum Gasteiger partial charge on any atom is 0.304 e. The molecule has 328 valence electrons. The molecular weight excluding hydrogens is 869 g/mol. The van der Waals surface area contributed by atoms with Crippen molar-refractivity contribution in [2.24, 2.45) is 0 Å². The molecule has 0 saturated carbocycles. The van der Waals surface area contributed by atoms with Gasteiger partial charge in [0.05, 0.1) is 39.6 Å². The summed E-state index contributed by atoms with van der Waals surface area (Å²) in [6.45, 7) is 5.20. The predicted octanol–water partition coefficient (Wildman–Crippen LogP) is 4.54. The van der Waals surface area contributed by atoms with Crippen molar-refractivity contribution in [2.75, 3.05) is 29.5 Å². The van der Waals surface area contributed by atoms with E-state index < -0.39 is 97.4 Å². The fraction of sp³-hybridized carbons (Fsp3) is 0.395. The second kappa shape index (κ2) is 18.2. The van der Waals surface area contributed by atoms with Gasteiger partial charge in [0.2, 0.25) is 5.69 Å². The maximum atomic E-state index is 12.2. The van der Waals surface area contributed by atoms with Crippen molar-refractivity contribution in [1.82, 2.24) is 0 Å². The molecule has 2 unspecified atom stereocenters. The van der Waals surface area contributed by atoms with Crippen molar-refractivity contribution in [1.29, 1.82) is 0 Å². The van der Waals surface area contributed by atoms with Gasteiger partial charge in [-0.05, 0) is 82.0 Å². The van der Waals surface area contributed by atoms with Gasteiger partial charge in [0.15, 0.2) is 5.71 Å². The Morgan fingerprint density at radius 3 is 1.80 bits per heavy atom. The second-order valence-electron chi connectivity index (χ2n) is 15.0. The Bertz CT molecular complexity index is 2660. The number of hydrogen-bond acceptors (Lipinski definition) is 11. The molecule has 0 saturated heterocycles. The number of unbranched alkanes of at least 4 members (excludes halogenated alkanes) is 2. The summed E-state index contributed by atoms with van der Waals surface area (Å²) in [6, 6.07) is 7.54. The Morgan fingerprint density at radius 2 is 1.25 bits per heavy atom. The van der Waals surface area contributed by atoms with E-state index in [-0.39, 0.29) is 49.9 Å². The quantitative estimate of drug-likeness (QED) is 0.0460. The summed E-state index contributed by atoms with van der Waals surface area (Å²) >= 11 is 0. The molecule has 60 heavy (non-hydrogen) atoms. The molecule has 0 aromatic heterocycles. The summed E-state index contributed by atoms with van der Waals surface area (Å²) in [7, 11) is -17.9. The average Bonchev–Trinajstić information content (AvgIpc) is 3.45. The Labute approximate surface area is 348 Å². The van der Waals surface area contributed by atoms with Gasteiger partial charge >= 0.3 is 11.9 Å². The summed E-state index contributed by atoms with van der Waals surface area (Å²) < 4.78 is 133. The van der Waals surface area contributed by atoms with Crippen molar-refractivity contribution in [3.63, 3.8) is 0 Å². The largest absolute Gasteiger partial charge is 0.481 e. The zero-order valence-electron chi connectivity index (χ0n) is 32.8. The summed E-state index contributed by atoms with van der Waals surface area (Å²) in [6.07, 6.45) is 9.36. The number of hydrogen-bond donors (Lipinski definition) is 6. The smallest absolute Gasteiger partial charge is 0.304 e. The van der Waals surface area contributed by atoms with Crippen LogP contribution in [-0.4, -0.2) is 109 Å². The highest BCUT2D eigenvalue weighted by molar-refractivity contribution is 7.86. The third-order valence-corrected chi connectivity index (χ3v) is 13.6. The molecule has 22 heteroatoms. The van der Waals surface area contributed by atoms with Crippen LogP contribution in [0.2, 0.25) is 0 Å². The minimum Gasteiger partial charge on any atom is -0.481 e. The molecule has 4 rings (SSSR count). The number of carboxylic acids is 2. The van der Waals surface area contributed by atoms with Gasteiger partial charge in [0, 0.05) is 47.5 Å². The minimum absolute atomic E-state index is 0.0556. The summed E-state index contributed by atoms with van der Waals surface area (Å²) in [4.78, 5) is 25.2. The molecule has 6 N–H and O–H groups in total. The zero-order chi connectivity index (χ0) is 45.1. The first-order valence-corrected chi connectivity index (χ1v) is 24.4. The lowest BCUT2D eigenvalue weighted by Gasteiger charge is -2.29. The number of carboxylic acid groups (broad SMARTS) is 2. The van der Waals surface area contributed by atoms with E-state index in [9.17, 15) is 71.7 Å². The number of fused-ring (bicyclic) bond motifs is 2. The van der Waals surface area contributed by atoms with Gasteiger partial charge < -0.3 is 15.1 Å². The van der Waals surface area contributed by atoms with Crippen LogP contribution in [0.5, 0.6) is 0 Å². The van der Waals surface area contributed by atoms with Gasteiger partial charge in [-0.15, -0.1) is 0 Å². The first kappa shape index (κ1) is 48.1. The Kier molecular flexibility index (Phi) is 14.6. The van der Waals surface area contributed by atoms with Crippen LogP contribution < -0.4 is 4.90 Å². The molecule has 0 bridgehead atoms. The van der Waals surface area contributed by atoms with E-state index in [4.69, 9.17) is 0 Å². The van der Waals surface area contributed by atoms with Crippen molar-refractivity contribution in [3.05, 3.63) is 95.3 Å². The van der Waals surface area contributed by atoms with E-state index in [1.165, 1.54) is 24.3 Å². The summed E-state index contributed by atoms with van der Waals surface area (Å²) in [5.41, 5.74) is 0.204. The average molecular weight is 916 g/mol. The molecule has 18 nitrogen and oxygen atoms in total. The minimum atomic E-state index is -4.68. The normalized spacial score (nSPS) is 20.8. The van der Waals surface area contributed by atoms with E-state index in [2.05, 4.69) is 0 Å². The van der Waals surface area contributed by atoms with Crippen LogP contribution in [-0.2, 0) is 60.9 Å². The third-order valence-electron chi connectivity index (χ3n) is 10.3. The van der Waals surface area contributed by atoms with Gasteiger partial charge in [0.1, 0.15) is 6.54 Å². The Hall–Kier alpha value is -4.55. The highest BCUT2D eigenvalue weighted by Crippen LogP contribution is 2.51. The number of carbonyl (C=O) groups is 2. The predicted molar refractivity (Wildman–Crippen MR) is 220 cm³/mol. The van der Waals surface area contributed by atoms with Gasteiger partial charge in [0.25, 0.3) is 40.5 Å². The summed E-state index contributed by atoms with van der Waals surface area (Å²) in [5, 5.41) is 19.9. The van der Waals surface area contributed by atoms with E-state index in [0.29, 0.717) is 28.4 Å². The van der Waals surface area contributed by atoms with E-state index in [0.717, 1.165) is 12.1 Å². The SMILES string of the molecule is CC(C=CC=C1N(CCCCS(=O)(=O)O)c2ccc(S(=O)(=O)O)cc2C1(C)CC(=O)O)=CC=CC1=[N+](CCCCS(=O)(=O)O)c2ccc(S(=O)(=O)O)cc2C1(C)CC(=O)O. The molecule has 0 radical (unpaired) electrons. The first-order valence-electron chi connectivity index (χ1n) is 18.3. The second-order valence-corrected chi connectivity index (χ2v) is 21.0. The van der Waals surface area contributed by atoms with Crippen LogP contribution in [0.25, 0.3) is 0 Å². The van der Waals surface area contributed by atoms with Crippen LogP contribution in [0.1, 0.15) is 70.4 Å². The van der Waals surface area contributed by atoms with Crippen molar-refractivity contribution >= 4 is 69.5 Å². The number of nitrogens with zero attached hydrogens (tertiary/aromatic N) is 2. The highest BCUT2D eigenvalue weighted by atomic mass is 32.2. The lowest BCUT2D eigenvalue weighted by molar-refractivity contribution is -0.438. The van der Waals surface area contributed by atoms with E-state index in [1.54, 1.807) is 66.7 Å². The molecule has 2 heterocycles. The highest BCUT2D eigenvalue weighted by Gasteiger charge is 2.50. The molecule has 2 atom stereocenters. The molecule has 0 spiro atoms. The number of allylic oxidation sites excluding steroid dienone is 8. The molecular formula is C38H47N2O16S4+. The standard InChI is InChI=1S/C38H46N2O16S4/c1-26(10-8-12-33-37(2,24-35(41)42)29-22-27(59(51,52)53)14-16-31(29)39(33)18-4-6-20-57(45,46)47)11-9-13-34-38(3,25-36(43)44)30-23-28(60(54,55)56)15-17-32(30)40(34)19-5-7-21-58(48,49)50/h8-17,22-23H,4-7,18-21,24-25H2,1-3H3,(H5-,41,42,43,44,45,46,47,48,49,50,51,52,53,54,55,56)/p+1. The molecule has 2 aromatic rings. The molecule has 0 amide bonds. The van der Waals surface area contributed by atoms with Crippen molar-refractivity contribution in [3.8, 4) is 0 Å². The molecule has 2 aromatic carbocycles. The zero-order valence-corrected chi connectivity index (χ0v) is 36.1.